The Balaban J connectivity index is 1.55. The Labute approximate surface area is 148 Å². The van der Waals surface area contributed by atoms with Crippen LogP contribution in [0.25, 0.3) is 0 Å². The first-order valence-electron chi connectivity index (χ1n) is 8.29. The minimum absolute atomic E-state index is 0.167. The molecule has 0 radical (unpaired) electrons. The molecule has 0 aromatic heterocycles. The number of piperidine rings is 1. The Kier molecular flexibility index (Phi) is 5.54. The van der Waals surface area contributed by atoms with Gasteiger partial charge in [-0.3, -0.25) is 0 Å². The largest absolute Gasteiger partial charge is 0.486 e. The van der Waals surface area contributed by atoms with E-state index < -0.39 is 10.0 Å². The first kappa shape index (κ1) is 17.8. The van der Waals surface area contributed by atoms with Crippen molar-refractivity contribution in [2.24, 2.45) is 0 Å². The highest BCUT2D eigenvalue weighted by Crippen LogP contribution is 2.38. The van der Waals surface area contributed by atoms with Crippen molar-refractivity contribution < 1.29 is 17.9 Å². The number of ether oxygens (including phenoxy) is 2. The summed E-state index contributed by atoms with van der Waals surface area (Å²) in [5.41, 5.74) is 1.04. The van der Waals surface area contributed by atoms with Gasteiger partial charge >= 0.3 is 0 Å². The second-order valence-corrected chi connectivity index (χ2v) is 8.72. The molecule has 0 atom stereocenters. The van der Waals surface area contributed by atoms with E-state index in [1.807, 2.05) is 12.1 Å². The van der Waals surface area contributed by atoms with Gasteiger partial charge in [0, 0.05) is 25.7 Å². The SMILES string of the molecule is CCS(=O)(=O)N1CCC(NCc2cc(Cl)c3c(c2)OCCO3)CC1. The van der Waals surface area contributed by atoms with Gasteiger partial charge in [-0.05, 0) is 37.5 Å². The summed E-state index contributed by atoms with van der Waals surface area (Å²) in [6.45, 7) is 4.56. The molecule has 1 aromatic carbocycles. The molecule has 6 nitrogen and oxygen atoms in total. The van der Waals surface area contributed by atoms with Crippen LogP contribution in [0.2, 0.25) is 5.02 Å². The maximum absolute atomic E-state index is 11.9. The highest BCUT2D eigenvalue weighted by atomic mass is 35.5. The first-order chi connectivity index (χ1) is 11.5. The van der Waals surface area contributed by atoms with E-state index in [1.165, 1.54) is 0 Å². The lowest BCUT2D eigenvalue weighted by atomic mass is 10.1. The summed E-state index contributed by atoms with van der Waals surface area (Å²) in [6.07, 6.45) is 1.63. The number of halogens is 1. The van der Waals surface area contributed by atoms with Crippen LogP contribution in [-0.2, 0) is 16.6 Å². The van der Waals surface area contributed by atoms with Crippen LogP contribution in [0.4, 0.5) is 0 Å². The second-order valence-electron chi connectivity index (χ2n) is 6.06. The molecule has 0 spiro atoms. The van der Waals surface area contributed by atoms with Gasteiger partial charge in [-0.15, -0.1) is 0 Å². The number of sulfonamides is 1. The molecule has 1 aromatic rings. The van der Waals surface area contributed by atoms with E-state index in [2.05, 4.69) is 5.32 Å². The summed E-state index contributed by atoms with van der Waals surface area (Å²) < 4.78 is 36.5. The fourth-order valence-electron chi connectivity index (χ4n) is 3.05. The zero-order valence-corrected chi connectivity index (χ0v) is 15.3. The third-order valence-electron chi connectivity index (χ3n) is 4.46. The van der Waals surface area contributed by atoms with Crippen LogP contribution in [0.3, 0.4) is 0 Å². The van der Waals surface area contributed by atoms with Gasteiger partial charge in [-0.25, -0.2) is 12.7 Å². The number of hydrogen-bond acceptors (Lipinski definition) is 5. The van der Waals surface area contributed by atoms with E-state index in [0.717, 1.165) is 18.4 Å². The number of rotatable bonds is 5. The molecular formula is C16H23ClN2O4S. The van der Waals surface area contributed by atoms with Crippen LogP contribution in [0.1, 0.15) is 25.3 Å². The van der Waals surface area contributed by atoms with Crippen LogP contribution in [0.15, 0.2) is 12.1 Å². The highest BCUT2D eigenvalue weighted by Gasteiger charge is 2.26. The van der Waals surface area contributed by atoms with Crippen molar-refractivity contribution in [1.82, 2.24) is 9.62 Å². The summed E-state index contributed by atoms with van der Waals surface area (Å²) in [7, 11) is -3.07. The predicted molar refractivity (Wildman–Crippen MR) is 93.3 cm³/mol. The summed E-state index contributed by atoms with van der Waals surface area (Å²) in [6, 6.07) is 4.14. The molecule has 0 unspecified atom stereocenters. The maximum atomic E-state index is 11.9. The van der Waals surface area contributed by atoms with Crippen LogP contribution in [0, 0.1) is 0 Å². The van der Waals surface area contributed by atoms with Crippen LogP contribution < -0.4 is 14.8 Å². The van der Waals surface area contributed by atoms with Crippen molar-refractivity contribution in [2.75, 3.05) is 32.1 Å². The predicted octanol–water partition coefficient (Wildman–Crippen LogP) is 2.01. The van der Waals surface area contributed by atoms with Crippen molar-refractivity contribution in [1.29, 1.82) is 0 Å². The number of nitrogens with zero attached hydrogens (tertiary/aromatic N) is 1. The number of benzene rings is 1. The molecule has 0 saturated carbocycles. The summed E-state index contributed by atoms with van der Waals surface area (Å²) in [4.78, 5) is 0. The van der Waals surface area contributed by atoms with Gasteiger partial charge < -0.3 is 14.8 Å². The van der Waals surface area contributed by atoms with Crippen molar-refractivity contribution in [3.8, 4) is 11.5 Å². The molecular weight excluding hydrogens is 352 g/mol. The lowest BCUT2D eigenvalue weighted by molar-refractivity contribution is 0.171. The smallest absolute Gasteiger partial charge is 0.213 e. The molecule has 0 aliphatic carbocycles. The summed E-state index contributed by atoms with van der Waals surface area (Å²) in [5, 5.41) is 4.05. The van der Waals surface area contributed by atoms with Crippen molar-refractivity contribution in [3.05, 3.63) is 22.7 Å². The third-order valence-corrected chi connectivity index (χ3v) is 6.63. The fourth-order valence-corrected chi connectivity index (χ4v) is 4.47. The Morgan fingerprint density at radius 1 is 1.25 bits per heavy atom. The topological polar surface area (TPSA) is 67.9 Å². The minimum Gasteiger partial charge on any atom is -0.486 e. The molecule has 8 heteroatoms. The van der Waals surface area contributed by atoms with E-state index in [0.29, 0.717) is 55.4 Å². The average Bonchev–Trinajstić information content (AvgIpc) is 2.60. The van der Waals surface area contributed by atoms with E-state index in [-0.39, 0.29) is 5.75 Å². The highest BCUT2D eigenvalue weighted by molar-refractivity contribution is 7.89. The molecule has 1 N–H and O–H groups in total. The van der Waals surface area contributed by atoms with Gasteiger partial charge in [0.05, 0.1) is 10.8 Å². The van der Waals surface area contributed by atoms with E-state index in [9.17, 15) is 8.42 Å². The molecule has 1 fully saturated rings. The first-order valence-corrected chi connectivity index (χ1v) is 10.3. The molecule has 2 aliphatic heterocycles. The molecule has 2 heterocycles. The molecule has 0 amide bonds. The zero-order valence-electron chi connectivity index (χ0n) is 13.8. The standard InChI is InChI=1S/C16H23ClN2O4S/c1-2-24(20,21)19-5-3-13(4-6-19)18-11-12-9-14(17)16-15(10-12)22-7-8-23-16/h9-10,13,18H,2-8,11H2,1H3. The molecule has 24 heavy (non-hydrogen) atoms. The van der Waals surface area contributed by atoms with E-state index >= 15 is 0 Å². The van der Waals surface area contributed by atoms with Gasteiger partial charge in [-0.1, -0.05) is 11.6 Å². The van der Waals surface area contributed by atoms with Crippen LogP contribution in [0.5, 0.6) is 11.5 Å². The van der Waals surface area contributed by atoms with E-state index in [1.54, 1.807) is 11.2 Å². The van der Waals surface area contributed by atoms with Gasteiger partial charge in [0.1, 0.15) is 13.2 Å². The normalized spacial score (nSPS) is 19.4. The fraction of sp³-hybridized carbons (Fsp3) is 0.625. The molecule has 0 bridgehead atoms. The minimum atomic E-state index is -3.07. The Morgan fingerprint density at radius 2 is 1.96 bits per heavy atom. The maximum Gasteiger partial charge on any atom is 0.213 e. The average molecular weight is 375 g/mol. The Hall–Kier alpha value is -1.02. The molecule has 2 aliphatic rings. The Morgan fingerprint density at radius 3 is 2.67 bits per heavy atom. The van der Waals surface area contributed by atoms with Crippen molar-refractivity contribution in [3.63, 3.8) is 0 Å². The third kappa shape index (κ3) is 3.96. The quantitative estimate of drug-likeness (QED) is 0.854. The molecule has 1 saturated heterocycles. The van der Waals surface area contributed by atoms with Gasteiger partial charge in [0.25, 0.3) is 0 Å². The van der Waals surface area contributed by atoms with Gasteiger partial charge in [0.15, 0.2) is 11.5 Å². The second kappa shape index (κ2) is 7.47. The van der Waals surface area contributed by atoms with E-state index in [4.69, 9.17) is 21.1 Å². The Bertz CT molecular complexity index is 688. The zero-order chi connectivity index (χ0) is 17.2. The van der Waals surface area contributed by atoms with Crippen molar-refractivity contribution in [2.45, 2.75) is 32.4 Å². The molecule has 134 valence electrons. The summed E-state index contributed by atoms with van der Waals surface area (Å²) >= 11 is 6.25. The van der Waals surface area contributed by atoms with Crippen LogP contribution >= 0.6 is 11.6 Å². The van der Waals surface area contributed by atoms with Crippen LogP contribution in [-0.4, -0.2) is 50.8 Å². The number of nitrogens with one attached hydrogen (secondary N) is 1. The van der Waals surface area contributed by atoms with Crippen molar-refractivity contribution >= 4 is 21.6 Å². The monoisotopic (exact) mass is 374 g/mol. The summed E-state index contributed by atoms with van der Waals surface area (Å²) in [5.74, 6) is 1.47. The lowest BCUT2D eigenvalue weighted by Crippen LogP contribution is -2.45. The van der Waals surface area contributed by atoms with Gasteiger partial charge in [0.2, 0.25) is 10.0 Å². The lowest BCUT2D eigenvalue weighted by Gasteiger charge is -2.31. The number of hydrogen-bond donors (Lipinski definition) is 1. The molecule has 3 rings (SSSR count). The van der Waals surface area contributed by atoms with Gasteiger partial charge in [-0.2, -0.15) is 0 Å². The number of fused-ring (bicyclic) bond motifs is 1.